The molecular weight excluding hydrogens is 352 g/mol. The number of aromatic amines is 1. The van der Waals surface area contributed by atoms with E-state index in [0.717, 1.165) is 15.6 Å². The van der Waals surface area contributed by atoms with Gasteiger partial charge in [-0.2, -0.15) is 0 Å². The van der Waals surface area contributed by atoms with Crippen molar-refractivity contribution in [2.24, 2.45) is 0 Å². The maximum Gasteiger partial charge on any atom is 0.251 e. The molecule has 0 aliphatic rings. The highest BCUT2D eigenvalue weighted by Gasteiger charge is 2.07. The van der Waals surface area contributed by atoms with Crippen LogP contribution in [0.4, 0.5) is 0 Å². The van der Waals surface area contributed by atoms with Gasteiger partial charge in [-0.05, 0) is 34.1 Å². The van der Waals surface area contributed by atoms with Crippen LogP contribution in [0, 0.1) is 0 Å². The van der Waals surface area contributed by atoms with Crippen LogP contribution in [-0.4, -0.2) is 9.97 Å². The zero-order valence-electron chi connectivity index (χ0n) is 10.8. The molecule has 0 unspecified atom stereocenters. The first kappa shape index (κ1) is 14.0. The average molecular weight is 362 g/mol. The Morgan fingerprint density at radius 1 is 1.00 bits per heavy atom. The van der Waals surface area contributed by atoms with E-state index in [1.165, 1.54) is 6.07 Å². The zero-order valence-corrected chi connectivity index (χ0v) is 13.1. The molecule has 3 nitrogen and oxygen atoms in total. The van der Waals surface area contributed by atoms with E-state index in [0.29, 0.717) is 16.5 Å². The molecule has 0 aliphatic carbocycles. The number of hydrogen-bond acceptors (Lipinski definition) is 2. The van der Waals surface area contributed by atoms with Gasteiger partial charge in [0.15, 0.2) is 0 Å². The van der Waals surface area contributed by atoms with E-state index in [9.17, 15) is 4.79 Å². The van der Waals surface area contributed by atoms with Gasteiger partial charge in [-0.3, -0.25) is 4.79 Å². The van der Waals surface area contributed by atoms with E-state index in [1.807, 2.05) is 42.5 Å². The summed E-state index contributed by atoms with van der Waals surface area (Å²) in [5.41, 5.74) is 2.14. The van der Waals surface area contributed by atoms with E-state index >= 15 is 0 Å². The van der Waals surface area contributed by atoms with Gasteiger partial charge in [-0.25, -0.2) is 4.98 Å². The number of nitrogens with zero attached hydrogens (tertiary/aromatic N) is 1. The minimum absolute atomic E-state index is 0.190. The van der Waals surface area contributed by atoms with Crippen LogP contribution in [0.3, 0.4) is 0 Å². The molecule has 0 amide bonds. The quantitative estimate of drug-likeness (QED) is 0.729. The monoisotopic (exact) mass is 360 g/mol. The maximum atomic E-state index is 11.9. The summed E-state index contributed by atoms with van der Waals surface area (Å²) < 4.78 is 0.759. The molecule has 1 heterocycles. The molecule has 104 valence electrons. The highest BCUT2D eigenvalue weighted by atomic mass is 79.9. The number of nitrogens with one attached hydrogen (secondary N) is 1. The van der Waals surface area contributed by atoms with Crippen LogP contribution < -0.4 is 5.56 Å². The van der Waals surface area contributed by atoms with Gasteiger partial charge in [0.05, 0.1) is 10.7 Å². The van der Waals surface area contributed by atoms with Gasteiger partial charge in [0.2, 0.25) is 0 Å². The van der Waals surface area contributed by atoms with Crippen molar-refractivity contribution >= 4 is 27.5 Å². The van der Waals surface area contributed by atoms with Crippen LogP contribution in [0.1, 0.15) is 0 Å². The first-order valence-corrected chi connectivity index (χ1v) is 7.43. The van der Waals surface area contributed by atoms with E-state index in [1.54, 1.807) is 6.07 Å². The summed E-state index contributed by atoms with van der Waals surface area (Å²) in [6.45, 7) is 0. The number of halogens is 2. The third kappa shape index (κ3) is 3.06. The normalized spacial score (nSPS) is 10.6. The van der Waals surface area contributed by atoms with Crippen LogP contribution in [0.15, 0.2) is 63.9 Å². The van der Waals surface area contributed by atoms with E-state index in [2.05, 4.69) is 25.9 Å². The number of rotatable bonds is 2. The first-order valence-electron chi connectivity index (χ1n) is 6.26. The van der Waals surface area contributed by atoms with Crippen molar-refractivity contribution in [1.29, 1.82) is 0 Å². The summed E-state index contributed by atoms with van der Waals surface area (Å²) in [5, 5.41) is 0.611. The van der Waals surface area contributed by atoms with E-state index < -0.39 is 0 Å². The average Bonchev–Trinajstić information content (AvgIpc) is 2.50. The molecule has 1 aromatic heterocycles. The van der Waals surface area contributed by atoms with Crippen molar-refractivity contribution in [3.05, 3.63) is 74.4 Å². The van der Waals surface area contributed by atoms with Gasteiger partial charge in [0.25, 0.3) is 5.56 Å². The van der Waals surface area contributed by atoms with Crippen LogP contribution in [0.5, 0.6) is 0 Å². The van der Waals surface area contributed by atoms with Gasteiger partial charge in [-0.1, -0.05) is 41.9 Å². The highest BCUT2D eigenvalue weighted by Crippen LogP contribution is 2.27. The second-order valence-corrected chi connectivity index (χ2v) is 5.74. The largest absolute Gasteiger partial charge is 0.306 e. The molecule has 0 saturated carbocycles. The molecule has 0 atom stereocenters. The molecule has 3 aromatic rings. The second kappa shape index (κ2) is 5.84. The lowest BCUT2D eigenvalue weighted by Gasteiger charge is -2.06. The van der Waals surface area contributed by atoms with Crippen LogP contribution >= 0.6 is 27.5 Å². The van der Waals surface area contributed by atoms with Gasteiger partial charge in [0, 0.05) is 21.7 Å². The summed E-state index contributed by atoms with van der Waals surface area (Å²) in [5.74, 6) is 0.513. The number of aromatic nitrogens is 2. The van der Waals surface area contributed by atoms with Gasteiger partial charge in [0.1, 0.15) is 5.82 Å². The summed E-state index contributed by atoms with van der Waals surface area (Å²) in [4.78, 5) is 19.2. The molecule has 0 saturated heterocycles. The molecule has 1 N–H and O–H groups in total. The predicted molar refractivity (Wildman–Crippen MR) is 88.4 cm³/mol. The Morgan fingerprint density at radius 2 is 1.76 bits per heavy atom. The van der Waals surface area contributed by atoms with Gasteiger partial charge in [-0.15, -0.1) is 0 Å². The number of benzene rings is 2. The van der Waals surface area contributed by atoms with E-state index in [-0.39, 0.29) is 5.56 Å². The molecule has 5 heteroatoms. The van der Waals surface area contributed by atoms with Crippen molar-refractivity contribution in [3.8, 4) is 22.6 Å². The minimum atomic E-state index is -0.190. The summed E-state index contributed by atoms with van der Waals surface area (Å²) in [6.07, 6.45) is 0. The fourth-order valence-electron chi connectivity index (χ4n) is 1.99. The first-order chi connectivity index (χ1) is 10.1. The molecule has 0 spiro atoms. The molecule has 0 bridgehead atoms. The van der Waals surface area contributed by atoms with Crippen LogP contribution in [-0.2, 0) is 0 Å². The number of H-pyrrole nitrogens is 1. The fourth-order valence-corrected chi connectivity index (χ4v) is 2.49. The Morgan fingerprint density at radius 3 is 2.48 bits per heavy atom. The van der Waals surface area contributed by atoms with Crippen LogP contribution in [0.2, 0.25) is 5.02 Å². The van der Waals surface area contributed by atoms with Crippen molar-refractivity contribution in [3.63, 3.8) is 0 Å². The molecule has 0 aliphatic heterocycles. The SMILES string of the molecule is O=c1cc(-c2ccccc2)nc(-c2ccc(Cl)c(Br)c2)[nH]1. The summed E-state index contributed by atoms with van der Waals surface area (Å²) in [7, 11) is 0. The topological polar surface area (TPSA) is 45.8 Å². The Bertz CT molecular complexity index is 846. The maximum absolute atomic E-state index is 11.9. The Hall–Kier alpha value is -1.91. The Balaban J connectivity index is 2.14. The second-order valence-electron chi connectivity index (χ2n) is 4.47. The minimum Gasteiger partial charge on any atom is -0.306 e. The van der Waals surface area contributed by atoms with Gasteiger partial charge >= 0.3 is 0 Å². The molecule has 2 aromatic carbocycles. The fraction of sp³-hybridized carbons (Fsp3) is 0. The van der Waals surface area contributed by atoms with Crippen molar-refractivity contribution in [2.45, 2.75) is 0 Å². The summed E-state index contributed by atoms with van der Waals surface area (Å²) >= 11 is 9.36. The molecule has 0 fully saturated rings. The highest BCUT2D eigenvalue weighted by molar-refractivity contribution is 9.10. The van der Waals surface area contributed by atoms with Crippen molar-refractivity contribution in [1.82, 2.24) is 9.97 Å². The van der Waals surface area contributed by atoms with Gasteiger partial charge < -0.3 is 4.98 Å². The Labute approximate surface area is 134 Å². The number of hydrogen-bond donors (Lipinski definition) is 1. The molecule has 21 heavy (non-hydrogen) atoms. The van der Waals surface area contributed by atoms with Crippen molar-refractivity contribution in [2.75, 3.05) is 0 Å². The lowest BCUT2D eigenvalue weighted by Crippen LogP contribution is -2.08. The summed E-state index contributed by atoms with van der Waals surface area (Å²) in [6, 6.07) is 16.5. The van der Waals surface area contributed by atoms with E-state index in [4.69, 9.17) is 11.6 Å². The van der Waals surface area contributed by atoms with Crippen molar-refractivity contribution < 1.29 is 0 Å². The Kier molecular flexibility index (Phi) is 3.90. The smallest absolute Gasteiger partial charge is 0.251 e. The molecular formula is C16H10BrClN2O. The standard InChI is InChI=1S/C16H10BrClN2O/c17-12-8-11(6-7-13(12)18)16-19-14(9-15(21)20-16)10-4-2-1-3-5-10/h1-9H,(H,19,20,21). The third-order valence-corrected chi connectivity index (χ3v) is 4.22. The lowest BCUT2D eigenvalue weighted by molar-refractivity contribution is 1.13. The molecule has 0 radical (unpaired) electrons. The lowest BCUT2D eigenvalue weighted by atomic mass is 10.1. The zero-order chi connectivity index (χ0) is 14.8. The predicted octanol–water partition coefficient (Wildman–Crippen LogP) is 4.52. The third-order valence-electron chi connectivity index (χ3n) is 3.00. The molecule has 3 rings (SSSR count). The van der Waals surface area contributed by atoms with Crippen LogP contribution in [0.25, 0.3) is 22.6 Å².